The van der Waals surface area contributed by atoms with Crippen LogP contribution in [-0.4, -0.2) is 33.6 Å². The van der Waals surface area contributed by atoms with Crippen LogP contribution in [0.25, 0.3) is 0 Å². The lowest BCUT2D eigenvalue weighted by atomic mass is 10.0. The average Bonchev–Trinajstić information content (AvgIpc) is 2.46. The van der Waals surface area contributed by atoms with Gasteiger partial charge in [-0.1, -0.05) is 32.0 Å². The molecule has 0 aliphatic heterocycles. The van der Waals surface area contributed by atoms with E-state index < -0.39 is 9.84 Å². The van der Waals surface area contributed by atoms with Gasteiger partial charge in [-0.15, -0.1) is 0 Å². The van der Waals surface area contributed by atoms with E-state index in [1.807, 2.05) is 31.3 Å². The zero-order valence-corrected chi connectivity index (χ0v) is 13.4. The van der Waals surface area contributed by atoms with Crippen molar-refractivity contribution in [3.05, 3.63) is 29.8 Å². The largest absolute Gasteiger partial charge is 0.493 e. The molecule has 1 rings (SSSR count). The van der Waals surface area contributed by atoms with Gasteiger partial charge in [-0.25, -0.2) is 8.42 Å². The summed E-state index contributed by atoms with van der Waals surface area (Å²) in [6.45, 7) is 4.21. The summed E-state index contributed by atoms with van der Waals surface area (Å²) in [6.07, 6.45) is 1.50. The molecular weight excluding hydrogens is 274 g/mol. The number of benzene rings is 1. The molecule has 114 valence electrons. The summed E-state index contributed by atoms with van der Waals surface area (Å²) >= 11 is 0. The van der Waals surface area contributed by atoms with E-state index in [1.54, 1.807) is 6.92 Å². The summed E-state index contributed by atoms with van der Waals surface area (Å²) < 4.78 is 28.6. The molecule has 1 aromatic carbocycles. The minimum Gasteiger partial charge on any atom is -0.493 e. The first-order chi connectivity index (χ1) is 9.54. The topological polar surface area (TPSA) is 55.4 Å². The van der Waals surface area contributed by atoms with Crippen LogP contribution in [0.1, 0.15) is 38.3 Å². The number of sulfone groups is 1. The Kier molecular flexibility index (Phi) is 7.02. The van der Waals surface area contributed by atoms with Gasteiger partial charge in [0.05, 0.1) is 12.4 Å². The highest BCUT2D eigenvalue weighted by Gasteiger charge is 2.12. The van der Waals surface area contributed by atoms with E-state index in [0.717, 1.165) is 17.7 Å². The van der Waals surface area contributed by atoms with Crippen LogP contribution in [0.15, 0.2) is 24.3 Å². The summed E-state index contributed by atoms with van der Waals surface area (Å²) in [4.78, 5) is 0. The predicted octanol–water partition coefficient (Wildman–Crippen LogP) is 2.56. The molecule has 1 atom stereocenters. The molecule has 5 heteroatoms. The zero-order chi connectivity index (χ0) is 15.0. The molecular formula is C15H25NO3S. The summed E-state index contributed by atoms with van der Waals surface area (Å²) in [5.41, 5.74) is 1.12. The lowest BCUT2D eigenvalue weighted by Gasteiger charge is -2.18. The van der Waals surface area contributed by atoms with Crippen molar-refractivity contribution < 1.29 is 13.2 Å². The Morgan fingerprint density at radius 3 is 2.55 bits per heavy atom. The number of para-hydroxylation sites is 1. The third-order valence-electron chi connectivity index (χ3n) is 3.35. The van der Waals surface area contributed by atoms with Crippen molar-refractivity contribution in [2.75, 3.05) is 25.2 Å². The van der Waals surface area contributed by atoms with Crippen LogP contribution in [0, 0.1) is 0 Å². The van der Waals surface area contributed by atoms with Crippen molar-refractivity contribution in [3.63, 3.8) is 0 Å². The van der Waals surface area contributed by atoms with Crippen LogP contribution < -0.4 is 10.1 Å². The Hall–Kier alpha value is -1.07. The molecule has 0 heterocycles. The molecule has 0 radical (unpaired) electrons. The van der Waals surface area contributed by atoms with Gasteiger partial charge in [-0.05, 0) is 26.0 Å². The van der Waals surface area contributed by atoms with Crippen molar-refractivity contribution in [2.45, 2.75) is 32.7 Å². The molecule has 0 amide bonds. The molecule has 1 aromatic rings. The second-order valence-electron chi connectivity index (χ2n) is 4.73. The number of hydrogen-bond acceptors (Lipinski definition) is 4. The van der Waals surface area contributed by atoms with E-state index in [-0.39, 0.29) is 17.5 Å². The quantitative estimate of drug-likeness (QED) is 0.712. The Bertz CT molecular complexity index is 496. The van der Waals surface area contributed by atoms with E-state index in [1.165, 1.54) is 0 Å². The lowest BCUT2D eigenvalue weighted by molar-refractivity contribution is 0.310. The van der Waals surface area contributed by atoms with E-state index >= 15 is 0 Å². The highest BCUT2D eigenvalue weighted by molar-refractivity contribution is 7.91. The number of nitrogens with one attached hydrogen (secondary N) is 1. The maximum absolute atomic E-state index is 11.4. The van der Waals surface area contributed by atoms with E-state index in [4.69, 9.17) is 4.74 Å². The summed E-state index contributed by atoms with van der Waals surface area (Å²) in [5.74, 6) is 1.22. The number of hydrogen-bond donors (Lipinski definition) is 1. The molecule has 1 N–H and O–H groups in total. The van der Waals surface area contributed by atoms with Gasteiger partial charge in [-0.3, -0.25) is 0 Å². The minimum absolute atomic E-state index is 0.189. The van der Waals surface area contributed by atoms with Gasteiger partial charge in [0.2, 0.25) is 0 Å². The molecule has 0 fully saturated rings. The van der Waals surface area contributed by atoms with Crippen molar-refractivity contribution >= 4 is 9.84 Å². The highest BCUT2D eigenvalue weighted by Crippen LogP contribution is 2.26. The maximum atomic E-state index is 11.4. The standard InChI is InChI=1S/C15H25NO3S/c1-4-14(16-3)13-9-6-7-10-15(13)19-11-8-12-20(17,18)5-2/h6-7,9-10,14,16H,4-5,8,11-12H2,1-3H3. The molecule has 4 nitrogen and oxygen atoms in total. The lowest BCUT2D eigenvalue weighted by Crippen LogP contribution is -2.17. The first-order valence-electron chi connectivity index (χ1n) is 7.13. The smallest absolute Gasteiger partial charge is 0.150 e. The molecule has 0 bridgehead atoms. The fourth-order valence-corrected chi connectivity index (χ4v) is 2.93. The third-order valence-corrected chi connectivity index (χ3v) is 5.14. The minimum atomic E-state index is -2.90. The van der Waals surface area contributed by atoms with Gasteiger partial charge in [0.1, 0.15) is 15.6 Å². The first-order valence-corrected chi connectivity index (χ1v) is 8.95. The van der Waals surface area contributed by atoms with Crippen molar-refractivity contribution in [1.82, 2.24) is 5.32 Å². The number of rotatable bonds is 9. The van der Waals surface area contributed by atoms with Gasteiger partial charge in [0.15, 0.2) is 0 Å². The van der Waals surface area contributed by atoms with E-state index in [0.29, 0.717) is 13.0 Å². The fourth-order valence-electron chi connectivity index (χ4n) is 2.08. The summed E-state index contributed by atoms with van der Waals surface area (Å²) in [6, 6.07) is 8.16. The molecule has 20 heavy (non-hydrogen) atoms. The molecule has 0 saturated carbocycles. The van der Waals surface area contributed by atoms with Crippen molar-refractivity contribution in [1.29, 1.82) is 0 Å². The second-order valence-corrected chi connectivity index (χ2v) is 7.20. The Morgan fingerprint density at radius 1 is 1.25 bits per heavy atom. The Labute approximate surface area is 122 Å². The molecule has 0 spiro atoms. The summed E-state index contributed by atoms with van der Waals surface area (Å²) in [7, 11) is -0.973. The monoisotopic (exact) mass is 299 g/mol. The molecule has 0 aromatic heterocycles. The third kappa shape index (κ3) is 5.13. The van der Waals surface area contributed by atoms with Crippen molar-refractivity contribution in [3.8, 4) is 5.75 Å². The first kappa shape index (κ1) is 17.0. The van der Waals surface area contributed by atoms with E-state index in [2.05, 4.69) is 12.2 Å². The van der Waals surface area contributed by atoms with Crippen LogP contribution in [0.3, 0.4) is 0 Å². The van der Waals surface area contributed by atoms with Gasteiger partial charge in [0.25, 0.3) is 0 Å². The van der Waals surface area contributed by atoms with Crippen LogP contribution in [0.2, 0.25) is 0 Å². The zero-order valence-electron chi connectivity index (χ0n) is 12.6. The summed E-state index contributed by atoms with van der Waals surface area (Å²) in [5, 5.41) is 3.26. The fraction of sp³-hybridized carbons (Fsp3) is 0.600. The van der Waals surface area contributed by atoms with Crippen LogP contribution in [0.5, 0.6) is 5.75 Å². The number of ether oxygens (including phenoxy) is 1. The molecule has 1 unspecified atom stereocenters. The van der Waals surface area contributed by atoms with Gasteiger partial charge < -0.3 is 10.1 Å². The Morgan fingerprint density at radius 2 is 1.95 bits per heavy atom. The van der Waals surface area contributed by atoms with Gasteiger partial charge in [0, 0.05) is 17.4 Å². The maximum Gasteiger partial charge on any atom is 0.150 e. The molecule has 0 aliphatic rings. The van der Waals surface area contributed by atoms with Gasteiger partial charge >= 0.3 is 0 Å². The Balaban J connectivity index is 2.60. The molecule has 0 aliphatic carbocycles. The van der Waals surface area contributed by atoms with Crippen LogP contribution in [-0.2, 0) is 9.84 Å². The van der Waals surface area contributed by atoms with Crippen molar-refractivity contribution in [2.24, 2.45) is 0 Å². The predicted molar refractivity (Wildman–Crippen MR) is 83.0 cm³/mol. The SMILES string of the molecule is CCC(NC)c1ccccc1OCCCS(=O)(=O)CC. The second kappa shape index (κ2) is 8.27. The average molecular weight is 299 g/mol. The normalized spacial score (nSPS) is 13.2. The van der Waals surface area contributed by atoms with Crippen LogP contribution >= 0.6 is 0 Å². The van der Waals surface area contributed by atoms with Gasteiger partial charge in [-0.2, -0.15) is 0 Å². The molecule has 0 saturated heterocycles. The van der Waals surface area contributed by atoms with Crippen LogP contribution in [0.4, 0.5) is 0 Å². The highest BCUT2D eigenvalue weighted by atomic mass is 32.2. The van der Waals surface area contributed by atoms with E-state index in [9.17, 15) is 8.42 Å².